The van der Waals surface area contributed by atoms with Crippen LogP contribution in [0.3, 0.4) is 0 Å². The van der Waals surface area contributed by atoms with E-state index in [1.165, 1.54) is 23.8 Å². The van der Waals surface area contributed by atoms with Crippen molar-refractivity contribution in [1.82, 2.24) is 9.80 Å². The van der Waals surface area contributed by atoms with Crippen molar-refractivity contribution in [3.05, 3.63) is 93.2 Å². The van der Waals surface area contributed by atoms with Crippen molar-refractivity contribution < 1.29 is 37.7 Å². The van der Waals surface area contributed by atoms with Gasteiger partial charge in [-0.3, -0.25) is 14.6 Å². The second-order valence-electron chi connectivity index (χ2n) is 15.0. The van der Waals surface area contributed by atoms with E-state index in [9.17, 15) is 33.3 Å². The fourth-order valence-electron chi connectivity index (χ4n) is 8.51. The van der Waals surface area contributed by atoms with Crippen molar-refractivity contribution in [2.24, 2.45) is 5.41 Å². The SMILES string of the molecule is CC1=CCCC2(C)C(CCC2(O)CN2CCN(CCO)CC2)c2ccc(cc2C(=O)c2ccc(-c3cc(C(F)(F)F)ccc3Cl)o2)CC(O)CC1. The number of furan rings is 1. The average Bonchev–Trinajstić information content (AvgIpc) is 3.67. The molecule has 7 rings (SSSR count). The van der Waals surface area contributed by atoms with Gasteiger partial charge in [-0.05, 0) is 105 Å². The van der Waals surface area contributed by atoms with Crippen LogP contribution >= 0.6 is 11.6 Å². The minimum atomic E-state index is -4.58. The van der Waals surface area contributed by atoms with E-state index in [1.807, 2.05) is 18.2 Å². The average molecular weight is 729 g/mol. The van der Waals surface area contributed by atoms with E-state index in [1.54, 1.807) is 0 Å². The summed E-state index contributed by atoms with van der Waals surface area (Å²) in [7, 11) is 0. The number of β-amino-alcohol motifs (C(OH)–C–C–N with tert-alkyl or cyclic N) is 2. The highest BCUT2D eigenvalue weighted by Crippen LogP contribution is 2.59. The molecule has 0 amide bonds. The lowest BCUT2D eigenvalue weighted by Gasteiger charge is -2.47. The van der Waals surface area contributed by atoms with Gasteiger partial charge < -0.3 is 19.7 Å². The molecule has 2 aromatic carbocycles. The molecule has 1 aromatic heterocycles. The predicted octanol–water partition coefficient (Wildman–Crippen LogP) is 7.50. The Balaban J connectivity index is 1.38. The molecule has 2 heterocycles. The zero-order valence-electron chi connectivity index (χ0n) is 29.3. The number of alkyl halides is 3. The van der Waals surface area contributed by atoms with Gasteiger partial charge in [0.25, 0.3) is 0 Å². The summed E-state index contributed by atoms with van der Waals surface area (Å²) >= 11 is 6.31. The fourth-order valence-corrected chi connectivity index (χ4v) is 8.72. The van der Waals surface area contributed by atoms with Crippen LogP contribution in [0.1, 0.15) is 91.1 Å². The van der Waals surface area contributed by atoms with Crippen LogP contribution in [0, 0.1) is 5.41 Å². The summed E-state index contributed by atoms with van der Waals surface area (Å²) in [5.74, 6) is -0.588. The molecule has 51 heavy (non-hydrogen) atoms. The number of carbonyl (C=O) groups is 1. The van der Waals surface area contributed by atoms with Gasteiger partial charge in [-0.2, -0.15) is 13.2 Å². The van der Waals surface area contributed by atoms with Crippen molar-refractivity contribution in [1.29, 1.82) is 0 Å². The Morgan fingerprint density at radius 1 is 1.02 bits per heavy atom. The van der Waals surface area contributed by atoms with Gasteiger partial charge in [-0.25, -0.2) is 0 Å². The molecular weight excluding hydrogens is 681 g/mol. The van der Waals surface area contributed by atoms with Crippen molar-refractivity contribution in [2.45, 2.75) is 82.6 Å². The molecule has 4 atom stereocenters. The lowest BCUT2D eigenvalue weighted by atomic mass is 9.64. The molecular formula is C40H48ClF3N2O5. The monoisotopic (exact) mass is 728 g/mol. The standard InChI is InChI=1S/C40H48ClF3N2O5/c1-26-4-3-14-38(2)33(13-15-39(38,50)25-46-18-16-45(17-19-46)20-21-47)30-9-6-27(22-29(48)8-5-26)23-31(30)37(49)36-12-11-35(51-36)32-24-28(40(42,43)44)7-10-34(32)41/h4,6-7,9-12,23-24,29,33,47-48,50H,3,5,8,13-22,25H2,1-2H3. The van der Waals surface area contributed by atoms with Crippen LogP contribution in [0.25, 0.3) is 11.3 Å². The summed E-state index contributed by atoms with van der Waals surface area (Å²) in [6.07, 6.45) is 1.32. The number of hydrogen-bond acceptors (Lipinski definition) is 7. The number of rotatable bonds is 7. The highest BCUT2D eigenvalue weighted by molar-refractivity contribution is 6.33. The number of benzene rings is 2. The van der Waals surface area contributed by atoms with Crippen molar-refractivity contribution in [3.8, 4) is 11.3 Å². The Kier molecular flexibility index (Phi) is 11.2. The van der Waals surface area contributed by atoms with E-state index in [-0.39, 0.29) is 34.6 Å². The Labute approximate surface area is 302 Å². The molecule has 0 radical (unpaired) electrons. The Hall–Kier alpha value is -2.99. The summed E-state index contributed by atoms with van der Waals surface area (Å²) in [5.41, 5.74) is 0.692. The van der Waals surface area contributed by atoms with Crippen LogP contribution < -0.4 is 0 Å². The van der Waals surface area contributed by atoms with Gasteiger partial charge in [0.2, 0.25) is 5.78 Å². The number of ketones is 1. The number of hydrogen-bond donors (Lipinski definition) is 3. The normalized spacial score (nSPS) is 26.9. The summed E-state index contributed by atoms with van der Waals surface area (Å²) in [6, 6.07) is 11.6. The number of piperazine rings is 1. The molecule has 1 saturated carbocycles. The lowest BCUT2D eigenvalue weighted by molar-refractivity contribution is -0.137. The number of aliphatic hydroxyl groups is 3. The van der Waals surface area contributed by atoms with Gasteiger partial charge in [0, 0.05) is 55.8 Å². The molecule has 3 aliphatic carbocycles. The van der Waals surface area contributed by atoms with E-state index in [2.05, 4.69) is 29.7 Å². The molecule has 0 spiro atoms. The minimum Gasteiger partial charge on any atom is -0.453 e. The van der Waals surface area contributed by atoms with Crippen LogP contribution in [0.5, 0.6) is 0 Å². The maximum Gasteiger partial charge on any atom is 0.416 e. The zero-order chi connectivity index (χ0) is 36.6. The smallest absolute Gasteiger partial charge is 0.416 e. The summed E-state index contributed by atoms with van der Waals surface area (Å²) in [6.45, 7) is 8.71. The van der Waals surface area contributed by atoms with Crippen LogP contribution in [-0.2, 0) is 12.6 Å². The van der Waals surface area contributed by atoms with E-state index in [0.29, 0.717) is 50.8 Å². The zero-order valence-corrected chi connectivity index (χ0v) is 30.1. The summed E-state index contributed by atoms with van der Waals surface area (Å²) in [5, 5.41) is 33.1. The molecule has 3 aromatic rings. The van der Waals surface area contributed by atoms with E-state index >= 15 is 0 Å². The third-order valence-corrected chi connectivity index (χ3v) is 12.0. The lowest BCUT2D eigenvalue weighted by Crippen LogP contribution is -2.56. The van der Waals surface area contributed by atoms with Crippen LogP contribution in [0.2, 0.25) is 5.02 Å². The fraction of sp³-hybridized carbons (Fsp3) is 0.525. The van der Waals surface area contributed by atoms with Crippen molar-refractivity contribution >= 4 is 17.4 Å². The number of carbonyl (C=O) groups excluding carboxylic acids is 1. The number of fused-ring (bicyclic) bond motifs is 8. The third kappa shape index (κ3) is 8.01. The first-order valence-electron chi connectivity index (χ1n) is 18.0. The van der Waals surface area contributed by atoms with Crippen LogP contribution in [-0.4, -0.2) is 88.5 Å². The molecule has 4 aliphatic rings. The Morgan fingerprint density at radius 2 is 1.76 bits per heavy atom. The van der Waals surface area contributed by atoms with Gasteiger partial charge >= 0.3 is 6.18 Å². The number of allylic oxidation sites excluding steroid dienone is 2. The maximum absolute atomic E-state index is 14.5. The van der Waals surface area contributed by atoms with Crippen molar-refractivity contribution in [3.63, 3.8) is 0 Å². The van der Waals surface area contributed by atoms with Crippen LogP contribution in [0.4, 0.5) is 13.2 Å². The minimum absolute atomic E-state index is 0.0334. The maximum atomic E-state index is 14.5. The van der Waals surface area contributed by atoms with E-state index in [4.69, 9.17) is 16.0 Å². The van der Waals surface area contributed by atoms with Gasteiger partial charge in [-0.15, -0.1) is 0 Å². The number of nitrogens with zero attached hydrogens (tertiary/aromatic N) is 2. The molecule has 2 fully saturated rings. The topological polar surface area (TPSA) is 97.4 Å². The predicted molar refractivity (Wildman–Crippen MR) is 191 cm³/mol. The first-order valence-corrected chi connectivity index (χ1v) is 18.3. The summed E-state index contributed by atoms with van der Waals surface area (Å²) in [4.78, 5) is 19.0. The first-order chi connectivity index (χ1) is 24.2. The quantitative estimate of drug-likeness (QED) is 0.171. The molecule has 2 bridgehead atoms. The van der Waals surface area contributed by atoms with E-state index in [0.717, 1.165) is 62.3 Å². The molecule has 1 saturated heterocycles. The van der Waals surface area contributed by atoms with Gasteiger partial charge in [0.1, 0.15) is 5.76 Å². The number of halogens is 4. The highest BCUT2D eigenvalue weighted by Gasteiger charge is 2.57. The number of aliphatic hydroxyl groups excluding tert-OH is 2. The molecule has 4 unspecified atom stereocenters. The van der Waals surface area contributed by atoms with Gasteiger partial charge in [0.05, 0.1) is 28.9 Å². The summed E-state index contributed by atoms with van der Waals surface area (Å²) < 4.78 is 46.6. The molecule has 11 heteroatoms. The largest absolute Gasteiger partial charge is 0.453 e. The second-order valence-corrected chi connectivity index (χ2v) is 15.4. The van der Waals surface area contributed by atoms with Gasteiger partial charge in [0.15, 0.2) is 5.76 Å². The van der Waals surface area contributed by atoms with Crippen LogP contribution in [0.15, 0.2) is 64.6 Å². The van der Waals surface area contributed by atoms with Crippen molar-refractivity contribution in [2.75, 3.05) is 45.9 Å². The molecule has 3 N–H and O–H groups in total. The third-order valence-electron chi connectivity index (χ3n) is 11.7. The molecule has 7 nitrogen and oxygen atoms in total. The molecule has 1 aliphatic heterocycles. The van der Waals surface area contributed by atoms with E-state index < -0.39 is 34.6 Å². The van der Waals surface area contributed by atoms with Gasteiger partial charge in [-0.1, -0.05) is 42.3 Å². The second kappa shape index (κ2) is 15.2. The highest BCUT2D eigenvalue weighted by atomic mass is 35.5. The Bertz CT molecular complexity index is 1750. The first kappa shape index (κ1) is 37.8. The molecule has 276 valence electrons. The Morgan fingerprint density at radius 3 is 2.49 bits per heavy atom.